The fraction of sp³-hybridized carbons (Fsp3) is 0.211. The van der Waals surface area contributed by atoms with Crippen LogP contribution in [-0.2, 0) is 11.2 Å². The van der Waals surface area contributed by atoms with E-state index in [-0.39, 0.29) is 11.9 Å². The summed E-state index contributed by atoms with van der Waals surface area (Å²) in [5, 5.41) is 8.04. The van der Waals surface area contributed by atoms with Gasteiger partial charge in [-0.25, -0.2) is 10.1 Å². The minimum absolute atomic E-state index is 0.105. The van der Waals surface area contributed by atoms with Crippen LogP contribution in [0, 0.1) is 0 Å². The van der Waals surface area contributed by atoms with Crippen LogP contribution in [0.5, 0.6) is 0 Å². The topological polar surface area (TPSA) is 66.3 Å². The number of hydrogen-bond donors (Lipinski definition) is 1. The molecule has 1 unspecified atom stereocenters. The van der Waals surface area contributed by atoms with Gasteiger partial charge in [0.25, 0.3) is 0 Å². The molecule has 7 heteroatoms. The van der Waals surface area contributed by atoms with Crippen molar-refractivity contribution in [3.8, 4) is 0 Å². The third-order valence-electron chi connectivity index (χ3n) is 4.80. The number of H-pyrrole nitrogens is 1. The van der Waals surface area contributed by atoms with Gasteiger partial charge in [-0.1, -0.05) is 42.1 Å². The summed E-state index contributed by atoms with van der Waals surface area (Å²) in [7, 11) is 0. The normalized spacial score (nSPS) is 16.5. The molecule has 1 N–H and O–H groups in total. The van der Waals surface area contributed by atoms with Gasteiger partial charge < -0.3 is 4.90 Å². The summed E-state index contributed by atoms with van der Waals surface area (Å²) in [5.74, 6) is 1.14. The van der Waals surface area contributed by atoms with Crippen molar-refractivity contribution in [1.82, 2.24) is 19.6 Å². The number of para-hydroxylation sites is 3. The zero-order valence-electron chi connectivity index (χ0n) is 14.2. The molecule has 0 fully saturated rings. The maximum Gasteiger partial charge on any atom is 0.237 e. The molecule has 0 saturated heterocycles. The van der Waals surface area contributed by atoms with Gasteiger partial charge in [-0.3, -0.25) is 9.20 Å². The quantitative estimate of drug-likeness (QED) is 0.567. The lowest BCUT2D eigenvalue weighted by atomic mass is 10.1. The monoisotopic (exact) mass is 363 g/mol. The number of fused-ring (bicyclic) bond motifs is 4. The SMILES string of the molecule is CC1Cc2ccccc2N1C(=O)CSc1n[nH]c2nc3ccccc3n12. The summed E-state index contributed by atoms with van der Waals surface area (Å²) in [4.78, 5) is 19.3. The van der Waals surface area contributed by atoms with Gasteiger partial charge in [0.15, 0.2) is 5.16 Å². The van der Waals surface area contributed by atoms with Gasteiger partial charge in [0.1, 0.15) is 0 Å². The number of carbonyl (C=O) groups excluding carboxylic acids is 1. The van der Waals surface area contributed by atoms with E-state index in [9.17, 15) is 4.79 Å². The van der Waals surface area contributed by atoms with Crippen LogP contribution < -0.4 is 4.90 Å². The molecule has 6 nitrogen and oxygen atoms in total. The van der Waals surface area contributed by atoms with Crippen molar-refractivity contribution in [3.05, 3.63) is 54.1 Å². The summed E-state index contributed by atoms with van der Waals surface area (Å²) in [6, 6.07) is 16.2. The molecule has 0 spiro atoms. The number of aromatic nitrogens is 4. The molecule has 2 aromatic carbocycles. The number of aromatic amines is 1. The molecule has 0 aliphatic carbocycles. The highest BCUT2D eigenvalue weighted by Crippen LogP contribution is 2.33. The summed E-state index contributed by atoms with van der Waals surface area (Å²) in [6.45, 7) is 2.10. The van der Waals surface area contributed by atoms with E-state index in [4.69, 9.17) is 0 Å². The first-order valence-corrected chi connectivity index (χ1v) is 9.55. The minimum Gasteiger partial charge on any atom is -0.308 e. The average molecular weight is 363 g/mol. The number of hydrogen-bond acceptors (Lipinski definition) is 4. The second-order valence-electron chi connectivity index (χ2n) is 6.50. The summed E-state index contributed by atoms with van der Waals surface area (Å²) < 4.78 is 1.97. The number of carbonyl (C=O) groups is 1. The molecule has 0 radical (unpaired) electrons. The van der Waals surface area contributed by atoms with E-state index >= 15 is 0 Å². The lowest BCUT2D eigenvalue weighted by Crippen LogP contribution is -2.37. The molecule has 3 heterocycles. The Morgan fingerprint density at radius 1 is 1.23 bits per heavy atom. The fourth-order valence-electron chi connectivity index (χ4n) is 3.68. The first kappa shape index (κ1) is 15.5. The van der Waals surface area contributed by atoms with Crippen LogP contribution in [0.25, 0.3) is 16.8 Å². The van der Waals surface area contributed by atoms with Crippen molar-refractivity contribution >= 4 is 40.2 Å². The molecule has 2 aromatic heterocycles. The molecule has 130 valence electrons. The van der Waals surface area contributed by atoms with E-state index in [0.717, 1.165) is 28.3 Å². The smallest absolute Gasteiger partial charge is 0.237 e. The van der Waals surface area contributed by atoms with Crippen LogP contribution in [-0.4, -0.2) is 37.3 Å². The fourth-order valence-corrected chi connectivity index (χ4v) is 4.50. The molecule has 0 saturated carbocycles. The first-order valence-electron chi connectivity index (χ1n) is 8.56. The van der Waals surface area contributed by atoms with Crippen LogP contribution >= 0.6 is 11.8 Å². The van der Waals surface area contributed by atoms with E-state index in [1.165, 1.54) is 17.3 Å². The third kappa shape index (κ3) is 2.31. The summed E-state index contributed by atoms with van der Waals surface area (Å²) in [6.07, 6.45) is 0.908. The molecular formula is C19H17N5OS. The Morgan fingerprint density at radius 3 is 2.96 bits per heavy atom. The van der Waals surface area contributed by atoms with Crippen molar-refractivity contribution < 1.29 is 4.79 Å². The lowest BCUT2D eigenvalue weighted by Gasteiger charge is -2.22. The number of imidazole rings is 1. The van der Waals surface area contributed by atoms with Gasteiger partial charge in [0, 0.05) is 11.7 Å². The van der Waals surface area contributed by atoms with Crippen molar-refractivity contribution in [2.75, 3.05) is 10.7 Å². The Labute approximate surface area is 154 Å². The van der Waals surface area contributed by atoms with Crippen LogP contribution in [0.15, 0.2) is 53.7 Å². The van der Waals surface area contributed by atoms with E-state index in [1.54, 1.807) is 0 Å². The molecule has 0 bridgehead atoms. The van der Waals surface area contributed by atoms with E-state index in [2.05, 4.69) is 28.2 Å². The summed E-state index contributed by atoms with van der Waals surface area (Å²) in [5.41, 5.74) is 4.18. The van der Waals surface area contributed by atoms with Gasteiger partial charge in [0.05, 0.1) is 16.8 Å². The number of benzene rings is 2. The predicted molar refractivity (Wildman–Crippen MR) is 103 cm³/mol. The summed E-state index contributed by atoms with van der Waals surface area (Å²) >= 11 is 1.44. The van der Waals surface area contributed by atoms with Crippen LogP contribution in [0.3, 0.4) is 0 Å². The van der Waals surface area contributed by atoms with E-state index in [1.807, 2.05) is 51.8 Å². The van der Waals surface area contributed by atoms with E-state index < -0.39 is 0 Å². The molecule has 26 heavy (non-hydrogen) atoms. The van der Waals surface area contributed by atoms with Crippen LogP contribution in [0.4, 0.5) is 5.69 Å². The molecule has 4 aromatic rings. The van der Waals surface area contributed by atoms with Crippen LogP contribution in [0.1, 0.15) is 12.5 Å². The van der Waals surface area contributed by atoms with Crippen molar-refractivity contribution in [2.24, 2.45) is 0 Å². The highest BCUT2D eigenvalue weighted by atomic mass is 32.2. The standard InChI is InChI=1S/C19H17N5OS/c1-12-10-13-6-2-4-8-15(13)23(12)17(25)11-26-19-22-21-18-20-14-7-3-5-9-16(14)24(18)19/h2-9,12H,10-11H2,1H3,(H,20,21). The van der Waals surface area contributed by atoms with E-state index in [0.29, 0.717) is 11.5 Å². The molecule has 1 aliphatic rings. The maximum absolute atomic E-state index is 12.9. The zero-order valence-corrected chi connectivity index (χ0v) is 15.0. The third-order valence-corrected chi connectivity index (χ3v) is 5.73. The highest BCUT2D eigenvalue weighted by molar-refractivity contribution is 7.99. The van der Waals surface area contributed by atoms with Crippen molar-refractivity contribution in [2.45, 2.75) is 24.5 Å². The molecular weight excluding hydrogens is 346 g/mol. The van der Waals surface area contributed by atoms with Crippen LogP contribution in [0.2, 0.25) is 0 Å². The van der Waals surface area contributed by atoms with Crippen molar-refractivity contribution in [3.63, 3.8) is 0 Å². The largest absolute Gasteiger partial charge is 0.308 e. The Balaban J connectivity index is 1.41. The Morgan fingerprint density at radius 2 is 2.04 bits per heavy atom. The highest BCUT2D eigenvalue weighted by Gasteiger charge is 2.30. The van der Waals surface area contributed by atoms with Crippen molar-refractivity contribution in [1.29, 1.82) is 0 Å². The predicted octanol–water partition coefficient (Wildman–Crippen LogP) is 3.28. The maximum atomic E-state index is 12.9. The number of nitrogens with one attached hydrogen (secondary N) is 1. The number of rotatable bonds is 3. The molecule has 1 atom stereocenters. The van der Waals surface area contributed by atoms with Gasteiger partial charge >= 0.3 is 0 Å². The number of amides is 1. The van der Waals surface area contributed by atoms with Gasteiger partial charge in [-0.2, -0.15) is 0 Å². The number of anilines is 1. The second kappa shape index (κ2) is 5.88. The number of thioether (sulfide) groups is 1. The Kier molecular flexibility index (Phi) is 3.49. The molecule has 1 aliphatic heterocycles. The van der Waals surface area contributed by atoms with Gasteiger partial charge in [-0.15, -0.1) is 5.10 Å². The van der Waals surface area contributed by atoms with Gasteiger partial charge in [0.2, 0.25) is 11.7 Å². The lowest BCUT2D eigenvalue weighted by molar-refractivity contribution is -0.116. The molecule has 5 rings (SSSR count). The minimum atomic E-state index is 0.105. The number of nitrogens with zero attached hydrogens (tertiary/aromatic N) is 4. The second-order valence-corrected chi connectivity index (χ2v) is 7.44. The Hall–Kier alpha value is -2.80. The Bertz CT molecular complexity index is 1130. The zero-order chi connectivity index (χ0) is 17.7. The first-order chi connectivity index (χ1) is 12.7. The van der Waals surface area contributed by atoms with Gasteiger partial charge in [-0.05, 0) is 37.1 Å². The molecule has 1 amide bonds. The average Bonchev–Trinajstić information content (AvgIpc) is 3.30.